The second kappa shape index (κ2) is 5.32. The summed E-state index contributed by atoms with van der Waals surface area (Å²) < 4.78 is 12.0. The molecule has 112 valence electrons. The SMILES string of the molecule is O=[N+]([O-])c1cc(-c2ccco2)cn1[C@H]1C[C@H](O)[C@@H](CO)O1. The summed E-state index contributed by atoms with van der Waals surface area (Å²) in [5.74, 6) is 0.353. The smallest absolute Gasteiger partial charge is 0.325 e. The number of hydrogen-bond donors (Lipinski definition) is 2. The lowest BCUT2D eigenvalue weighted by atomic mass is 10.2. The highest BCUT2D eigenvalue weighted by molar-refractivity contribution is 5.60. The van der Waals surface area contributed by atoms with E-state index in [1.807, 2.05) is 0 Å². The van der Waals surface area contributed by atoms with Gasteiger partial charge in [0.25, 0.3) is 0 Å². The number of aliphatic hydroxyl groups is 2. The second-order valence-corrected chi connectivity index (χ2v) is 4.84. The Bertz CT molecular complexity index is 635. The molecule has 0 saturated carbocycles. The predicted molar refractivity (Wildman–Crippen MR) is 70.4 cm³/mol. The number of nitro groups is 1. The van der Waals surface area contributed by atoms with Crippen molar-refractivity contribution in [1.29, 1.82) is 0 Å². The van der Waals surface area contributed by atoms with Gasteiger partial charge in [0, 0.05) is 12.5 Å². The number of aromatic nitrogens is 1. The van der Waals surface area contributed by atoms with E-state index >= 15 is 0 Å². The third-order valence-electron chi connectivity index (χ3n) is 3.51. The summed E-state index contributed by atoms with van der Waals surface area (Å²) in [5.41, 5.74) is 0.553. The van der Waals surface area contributed by atoms with Gasteiger partial charge in [-0.3, -0.25) is 0 Å². The van der Waals surface area contributed by atoms with Crippen molar-refractivity contribution in [2.45, 2.75) is 24.9 Å². The van der Waals surface area contributed by atoms with Crippen molar-refractivity contribution < 1.29 is 24.3 Å². The molecule has 2 N–H and O–H groups in total. The molecule has 0 unspecified atom stereocenters. The van der Waals surface area contributed by atoms with Crippen molar-refractivity contribution in [1.82, 2.24) is 4.57 Å². The van der Waals surface area contributed by atoms with E-state index in [1.54, 1.807) is 18.3 Å². The molecule has 0 spiro atoms. The standard InChI is InChI=1S/C13H14N2O6/c16-7-11-9(17)5-13(21-11)14-6-8(4-12(14)15(18)19)10-2-1-3-20-10/h1-4,6,9,11,13,16-17H,5,7H2/t9-,11+,13+/m0/s1. The molecule has 0 bridgehead atoms. The highest BCUT2D eigenvalue weighted by Gasteiger charge is 2.39. The van der Waals surface area contributed by atoms with Gasteiger partial charge < -0.3 is 29.5 Å². The number of ether oxygens (including phenoxy) is 1. The van der Waals surface area contributed by atoms with Gasteiger partial charge in [0.05, 0.1) is 24.5 Å². The highest BCUT2D eigenvalue weighted by Crippen LogP contribution is 2.35. The molecule has 0 radical (unpaired) electrons. The first kappa shape index (κ1) is 13.8. The van der Waals surface area contributed by atoms with Crippen LogP contribution in [-0.4, -0.2) is 38.5 Å². The maximum atomic E-state index is 11.2. The average molecular weight is 294 g/mol. The molecule has 8 nitrogen and oxygen atoms in total. The minimum atomic E-state index is -0.853. The number of furan rings is 1. The second-order valence-electron chi connectivity index (χ2n) is 4.84. The fraction of sp³-hybridized carbons (Fsp3) is 0.385. The van der Waals surface area contributed by atoms with E-state index in [9.17, 15) is 15.2 Å². The van der Waals surface area contributed by atoms with Crippen LogP contribution in [0, 0.1) is 10.1 Å². The maximum Gasteiger partial charge on any atom is 0.325 e. The molecule has 1 aliphatic rings. The molecule has 8 heteroatoms. The van der Waals surface area contributed by atoms with Gasteiger partial charge in [-0.2, -0.15) is 0 Å². The molecule has 2 aromatic heterocycles. The topological polar surface area (TPSA) is 111 Å². The summed E-state index contributed by atoms with van der Waals surface area (Å²) in [6.07, 6.45) is 0.933. The van der Waals surface area contributed by atoms with Crippen LogP contribution in [0.4, 0.5) is 5.82 Å². The van der Waals surface area contributed by atoms with Crippen molar-refractivity contribution in [2.24, 2.45) is 0 Å². The van der Waals surface area contributed by atoms with Crippen molar-refractivity contribution in [2.75, 3.05) is 6.61 Å². The Morgan fingerprint density at radius 1 is 1.52 bits per heavy atom. The van der Waals surface area contributed by atoms with Crippen molar-refractivity contribution >= 4 is 5.82 Å². The largest absolute Gasteiger partial charge is 0.464 e. The summed E-state index contributed by atoms with van der Waals surface area (Å²) >= 11 is 0. The molecule has 0 aliphatic carbocycles. The number of nitrogens with zero attached hydrogens (tertiary/aromatic N) is 2. The molecule has 2 aromatic rings. The lowest BCUT2D eigenvalue weighted by molar-refractivity contribution is -0.393. The Hall–Kier alpha value is -2.16. The molecule has 3 atom stereocenters. The third-order valence-corrected chi connectivity index (χ3v) is 3.51. The molecular formula is C13H14N2O6. The Balaban J connectivity index is 1.96. The zero-order valence-corrected chi connectivity index (χ0v) is 11.0. The fourth-order valence-corrected chi connectivity index (χ4v) is 2.47. The van der Waals surface area contributed by atoms with Gasteiger partial charge in [-0.15, -0.1) is 0 Å². The van der Waals surface area contributed by atoms with Gasteiger partial charge in [0.1, 0.15) is 18.1 Å². The number of hydrogen-bond acceptors (Lipinski definition) is 6. The minimum absolute atomic E-state index is 0.155. The van der Waals surface area contributed by atoms with E-state index < -0.39 is 23.4 Å². The highest BCUT2D eigenvalue weighted by atomic mass is 16.6. The number of aliphatic hydroxyl groups excluding tert-OH is 2. The number of rotatable bonds is 4. The van der Waals surface area contributed by atoms with Gasteiger partial charge in [0.15, 0.2) is 0 Å². The Kier molecular flexibility index (Phi) is 3.50. The first-order valence-corrected chi connectivity index (χ1v) is 6.44. The van der Waals surface area contributed by atoms with Gasteiger partial charge in [-0.25, -0.2) is 4.57 Å². The molecular weight excluding hydrogens is 280 g/mol. The first-order valence-electron chi connectivity index (χ1n) is 6.44. The van der Waals surface area contributed by atoms with E-state index in [2.05, 4.69) is 0 Å². The Morgan fingerprint density at radius 2 is 2.33 bits per heavy atom. The Labute approximate surface area is 119 Å². The van der Waals surface area contributed by atoms with Crippen LogP contribution in [0.2, 0.25) is 0 Å². The van der Waals surface area contributed by atoms with Crippen LogP contribution in [-0.2, 0) is 4.74 Å². The van der Waals surface area contributed by atoms with E-state index in [4.69, 9.17) is 14.3 Å². The minimum Gasteiger partial charge on any atom is -0.464 e. The van der Waals surface area contributed by atoms with Crippen LogP contribution >= 0.6 is 0 Å². The van der Waals surface area contributed by atoms with Gasteiger partial charge in [-0.1, -0.05) is 0 Å². The zero-order valence-electron chi connectivity index (χ0n) is 11.0. The lowest BCUT2D eigenvalue weighted by Gasteiger charge is -2.10. The van der Waals surface area contributed by atoms with Crippen LogP contribution in [0.5, 0.6) is 0 Å². The van der Waals surface area contributed by atoms with E-state index in [0.717, 1.165) is 0 Å². The summed E-state index contributed by atoms with van der Waals surface area (Å²) in [6, 6.07) is 4.78. The van der Waals surface area contributed by atoms with Crippen molar-refractivity contribution in [3.63, 3.8) is 0 Å². The molecule has 1 aliphatic heterocycles. The van der Waals surface area contributed by atoms with Crippen molar-refractivity contribution in [3.8, 4) is 11.3 Å². The molecule has 1 fully saturated rings. The zero-order chi connectivity index (χ0) is 15.0. The first-order chi connectivity index (χ1) is 10.1. The average Bonchev–Trinajstić information content (AvgIpc) is 3.16. The van der Waals surface area contributed by atoms with Crippen molar-refractivity contribution in [3.05, 3.63) is 40.8 Å². The summed E-state index contributed by atoms with van der Waals surface area (Å²) in [6.45, 7) is -0.336. The molecule has 1 saturated heterocycles. The molecule has 21 heavy (non-hydrogen) atoms. The van der Waals surface area contributed by atoms with Crippen LogP contribution in [0.25, 0.3) is 11.3 Å². The molecule has 3 heterocycles. The van der Waals surface area contributed by atoms with Crippen LogP contribution in [0.15, 0.2) is 35.1 Å². The van der Waals surface area contributed by atoms with E-state index in [-0.39, 0.29) is 18.8 Å². The van der Waals surface area contributed by atoms with E-state index in [1.165, 1.54) is 16.9 Å². The summed E-state index contributed by atoms with van der Waals surface area (Å²) in [5, 5.41) is 30.0. The van der Waals surface area contributed by atoms with Gasteiger partial charge in [0.2, 0.25) is 6.23 Å². The van der Waals surface area contributed by atoms with E-state index in [0.29, 0.717) is 11.3 Å². The van der Waals surface area contributed by atoms with Gasteiger partial charge >= 0.3 is 5.82 Å². The Morgan fingerprint density at radius 3 is 2.90 bits per heavy atom. The fourth-order valence-electron chi connectivity index (χ4n) is 2.47. The lowest BCUT2D eigenvalue weighted by Crippen LogP contribution is -2.24. The van der Waals surface area contributed by atoms with Crippen LogP contribution in [0.1, 0.15) is 12.6 Å². The van der Waals surface area contributed by atoms with Crippen LogP contribution in [0.3, 0.4) is 0 Å². The summed E-state index contributed by atoms with van der Waals surface area (Å²) in [4.78, 5) is 10.7. The molecule has 0 amide bonds. The molecule has 0 aromatic carbocycles. The normalized spacial score (nSPS) is 25.3. The summed E-state index contributed by atoms with van der Waals surface area (Å²) in [7, 11) is 0. The van der Waals surface area contributed by atoms with Gasteiger partial charge in [-0.05, 0) is 17.1 Å². The van der Waals surface area contributed by atoms with Crippen LogP contribution < -0.4 is 0 Å². The quantitative estimate of drug-likeness (QED) is 0.649. The maximum absolute atomic E-state index is 11.2. The molecule has 3 rings (SSSR count). The monoisotopic (exact) mass is 294 g/mol. The third kappa shape index (κ3) is 2.44. The predicted octanol–water partition coefficient (Wildman–Crippen LogP) is 1.30.